The van der Waals surface area contributed by atoms with Gasteiger partial charge in [0.25, 0.3) is 0 Å². The molecule has 256 valence electrons. The van der Waals surface area contributed by atoms with Crippen LogP contribution in [0.2, 0.25) is 0 Å². The van der Waals surface area contributed by atoms with Crippen LogP contribution >= 0.6 is 11.8 Å². The van der Waals surface area contributed by atoms with Gasteiger partial charge < -0.3 is 15.2 Å². The second-order valence-electron chi connectivity index (χ2n) is 14.0. The van der Waals surface area contributed by atoms with Gasteiger partial charge in [-0.2, -0.15) is 0 Å². The molecule has 3 heterocycles. The molecule has 11 rings (SSSR count). The zero-order valence-corrected chi connectivity index (χ0v) is 30.1. The van der Waals surface area contributed by atoms with Crippen LogP contribution in [0.4, 0.5) is 5.69 Å². The number of thioether (sulfide) groups is 1. The molecule has 2 aliphatic heterocycles. The van der Waals surface area contributed by atoms with E-state index in [0.717, 1.165) is 28.1 Å². The molecule has 2 unspecified atom stereocenters. The number of hydrogen-bond donors (Lipinski definition) is 2. The Bertz CT molecular complexity index is 2970. The largest absolute Gasteiger partial charge is 0.368 e. The van der Waals surface area contributed by atoms with Crippen molar-refractivity contribution in [1.82, 2.24) is 9.88 Å². The van der Waals surface area contributed by atoms with Crippen molar-refractivity contribution in [3.05, 3.63) is 204 Å². The highest BCUT2D eigenvalue weighted by atomic mass is 32.2. The first-order valence-electron chi connectivity index (χ1n) is 18.4. The van der Waals surface area contributed by atoms with E-state index in [4.69, 9.17) is 4.99 Å². The van der Waals surface area contributed by atoms with E-state index in [1.165, 1.54) is 65.2 Å². The van der Waals surface area contributed by atoms with Crippen molar-refractivity contribution in [2.24, 2.45) is 4.99 Å². The van der Waals surface area contributed by atoms with Gasteiger partial charge in [0, 0.05) is 32.4 Å². The van der Waals surface area contributed by atoms with E-state index in [-0.39, 0.29) is 11.5 Å². The third-order valence-corrected chi connectivity index (χ3v) is 12.1. The Balaban J connectivity index is 0.975. The number of fused-ring (bicyclic) bond motifs is 8. The normalized spacial score (nSPS) is 16.6. The molecule has 0 saturated heterocycles. The molecule has 9 aromatic rings. The van der Waals surface area contributed by atoms with E-state index >= 15 is 0 Å². The van der Waals surface area contributed by atoms with Gasteiger partial charge in [0.05, 0.1) is 22.4 Å². The van der Waals surface area contributed by atoms with Crippen LogP contribution in [0.5, 0.6) is 0 Å². The van der Waals surface area contributed by atoms with Gasteiger partial charge in [0.15, 0.2) is 0 Å². The molecular formula is C49H34N4S. The number of nitrogens with zero attached hydrogens (tertiary/aromatic N) is 2. The molecule has 0 saturated carbocycles. The smallest absolute Gasteiger partial charge is 0.145 e. The zero-order valence-electron chi connectivity index (χ0n) is 29.3. The monoisotopic (exact) mass is 710 g/mol. The summed E-state index contributed by atoms with van der Waals surface area (Å²) < 4.78 is 2.40. The van der Waals surface area contributed by atoms with Gasteiger partial charge in [-0.3, -0.25) is 4.99 Å². The molecular weight excluding hydrogens is 677 g/mol. The second kappa shape index (κ2) is 12.5. The van der Waals surface area contributed by atoms with Crippen molar-refractivity contribution in [3.8, 4) is 5.69 Å². The Morgan fingerprint density at radius 3 is 2.02 bits per heavy atom. The average Bonchev–Trinajstić information content (AvgIpc) is 3.84. The lowest BCUT2D eigenvalue weighted by Crippen LogP contribution is -2.24. The molecule has 2 aliphatic rings. The quantitative estimate of drug-likeness (QED) is 0.175. The van der Waals surface area contributed by atoms with E-state index < -0.39 is 0 Å². The Labute approximate surface area is 317 Å². The average molecular weight is 711 g/mol. The molecule has 0 fully saturated rings. The number of benzene rings is 8. The lowest BCUT2D eigenvalue weighted by atomic mass is 9.97. The first-order chi connectivity index (χ1) is 26.7. The number of rotatable bonds is 5. The van der Waals surface area contributed by atoms with Crippen LogP contribution in [-0.2, 0) is 0 Å². The summed E-state index contributed by atoms with van der Waals surface area (Å²) in [6, 6.07) is 63.3. The molecule has 1 aromatic heterocycles. The molecule has 2 N–H and O–H groups in total. The van der Waals surface area contributed by atoms with Crippen molar-refractivity contribution in [1.29, 1.82) is 0 Å². The summed E-state index contributed by atoms with van der Waals surface area (Å²) in [5.74, 6) is 0. The molecule has 0 radical (unpaired) electrons. The van der Waals surface area contributed by atoms with Crippen LogP contribution in [-0.4, -0.2) is 10.3 Å². The molecule has 4 nitrogen and oxygen atoms in total. The number of anilines is 1. The molecule has 8 aromatic carbocycles. The molecule has 0 amide bonds. The van der Waals surface area contributed by atoms with E-state index in [0.29, 0.717) is 0 Å². The summed E-state index contributed by atoms with van der Waals surface area (Å²) in [5.41, 5.74) is 11.5. The standard InChI is InChI=1S/C49H34N4S/c1-4-12-31(13-5-1)41-30-42(32-14-6-2-7-15-32)51-48(50-41)35-22-25-38-34(28-35)21-20-33-24-27-45-47(46(33)38)52-49(54-45)36-23-26-40-39-18-10-11-19-43(39)53(44(40)29-36)37-16-8-3-9-17-37/h1-30,48-50,52H. The van der Waals surface area contributed by atoms with Gasteiger partial charge in [-0.1, -0.05) is 151 Å². The minimum atomic E-state index is -0.221. The number of aromatic nitrogens is 1. The number of hydrogen-bond acceptors (Lipinski definition) is 4. The zero-order chi connectivity index (χ0) is 35.6. The van der Waals surface area contributed by atoms with Crippen molar-refractivity contribution in [3.63, 3.8) is 0 Å². The summed E-state index contributed by atoms with van der Waals surface area (Å²) in [5, 5.41) is 15.3. The highest BCUT2D eigenvalue weighted by Gasteiger charge is 2.27. The SMILES string of the molecule is C1=C(c2ccccc2)NC(c2ccc3c(ccc4ccc5c(c43)NC(c3ccc4c6ccccc6n(-c6ccccc6)c4c3)S5)c2)N=C1c1ccccc1. The van der Waals surface area contributed by atoms with E-state index in [9.17, 15) is 0 Å². The van der Waals surface area contributed by atoms with Crippen molar-refractivity contribution in [2.75, 3.05) is 5.32 Å². The van der Waals surface area contributed by atoms with E-state index in [1.54, 1.807) is 0 Å². The van der Waals surface area contributed by atoms with Crippen molar-refractivity contribution >= 4 is 72.2 Å². The maximum absolute atomic E-state index is 5.24. The molecule has 2 atom stereocenters. The van der Waals surface area contributed by atoms with Crippen molar-refractivity contribution in [2.45, 2.75) is 16.4 Å². The minimum absolute atomic E-state index is 0.0899. The first-order valence-corrected chi connectivity index (χ1v) is 19.3. The van der Waals surface area contributed by atoms with Crippen LogP contribution in [0.3, 0.4) is 0 Å². The molecule has 0 spiro atoms. The third-order valence-electron chi connectivity index (χ3n) is 10.8. The van der Waals surface area contributed by atoms with E-state index in [2.05, 4.69) is 197 Å². The number of allylic oxidation sites excluding steroid dienone is 1. The van der Waals surface area contributed by atoms with Gasteiger partial charge in [0.1, 0.15) is 11.5 Å². The Hall–Kier alpha value is -6.56. The fraction of sp³-hybridized carbons (Fsp3) is 0.0408. The number of nitrogens with one attached hydrogen (secondary N) is 2. The Morgan fingerprint density at radius 1 is 0.519 bits per heavy atom. The van der Waals surface area contributed by atoms with E-state index in [1.807, 2.05) is 11.8 Å². The summed E-state index contributed by atoms with van der Waals surface area (Å²) in [6.07, 6.45) is 1.94. The topological polar surface area (TPSA) is 41.3 Å². The molecule has 54 heavy (non-hydrogen) atoms. The highest BCUT2D eigenvalue weighted by molar-refractivity contribution is 8.00. The maximum atomic E-state index is 5.24. The van der Waals surface area contributed by atoms with Gasteiger partial charge in [-0.25, -0.2) is 0 Å². The van der Waals surface area contributed by atoms with Gasteiger partial charge >= 0.3 is 0 Å². The third kappa shape index (κ3) is 5.12. The fourth-order valence-corrected chi connectivity index (χ4v) is 9.39. The molecule has 0 bridgehead atoms. The number of para-hydroxylation sites is 2. The lowest BCUT2D eigenvalue weighted by molar-refractivity contribution is 0.665. The van der Waals surface area contributed by atoms with Crippen LogP contribution in [0, 0.1) is 0 Å². The fourth-order valence-electron chi connectivity index (χ4n) is 8.25. The molecule has 5 heteroatoms. The number of aliphatic imine (C=N–C) groups is 1. The summed E-state index contributed by atoms with van der Waals surface area (Å²) in [6.45, 7) is 0. The van der Waals surface area contributed by atoms with Crippen molar-refractivity contribution < 1.29 is 0 Å². The van der Waals surface area contributed by atoms with Gasteiger partial charge in [0.2, 0.25) is 0 Å². The summed E-state index contributed by atoms with van der Waals surface area (Å²) >= 11 is 1.90. The lowest BCUT2D eigenvalue weighted by Gasteiger charge is -2.25. The predicted molar refractivity (Wildman–Crippen MR) is 228 cm³/mol. The summed E-state index contributed by atoms with van der Waals surface area (Å²) in [4.78, 5) is 6.52. The minimum Gasteiger partial charge on any atom is -0.368 e. The van der Waals surface area contributed by atoms with Crippen LogP contribution in [0.1, 0.15) is 33.8 Å². The Morgan fingerprint density at radius 2 is 1.19 bits per heavy atom. The Kier molecular flexibility index (Phi) is 7.20. The first kappa shape index (κ1) is 31.0. The molecule has 0 aliphatic carbocycles. The van der Waals surface area contributed by atoms with Gasteiger partial charge in [-0.05, 0) is 80.9 Å². The maximum Gasteiger partial charge on any atom is 0.145 e. The van der Waals surface area contributed by atoms with Crippen LogP contribution in [0.25, 0.3) is 54.7 Å². The predicted octanol–water partition coefficient (Wildman–Crippen LogP) is 12.4. The van der Waals surface area contributed by atoms with Crippen LogP contribution in [0.15, 0.2) is 192 Å². The summed E-state index contributed by atoms with van der Waals surface area (Å²) in [7, 11) is 0. The van der Waals surface area contributed by atoms with Gasteiger partial charge in [-0.15, -0.1) is 0 Å². The second-order valence-corrected chi connectivity index (χ2v) is 15.2. The van der Waals surface area contributed by atoms with Crippen LogP contribution < -0.4 is 10.6 Å². The highest BCUT2D eigenvalue weighted by Crippen LogP contribution is 2.51.